The van der Waals surface area contributed by atoms with Crippen molar-refractivity contribution in [3.05, 3.63) is 51.9 Å². The number of amides is 2. The van der Waals surface area contributed by atoms with Gasteiger partial charge >= 0.3 is 0 Å². The second-order valence-electron chi connectivity index (χ2n) is 4.90. The fourth-order valence-corrected chi connectivity index (χ4v) is 2.91. The quantitative estimate of drug-likeness (QED) is 0.912. The lowest BCUT2D eigenvalue weighted by Crippen LogP contribution is -2.21. The fraction of sp³-hybridized carbons (Fsp3) is 0.250. The van der Waals surface area contributed by atoms with Crippen LogP contribution in [0.3, 0.4) is 0 Å². The summed E-state index contributed by atoms with van der Waals surface area (Å²) in [5.74, 6) is -0.312. The third kappa shape index (κ3) is 3.70. The standard InChI is InChI=1S/C16H18N2O2S/c1-10-4-5-12(11(2)8-10)9-14(19)18-16-13(6-7-21-16)15(20)17-3/h4-8H,9H2,1-3H3,(H,17,20)(H,18,19). The molecule has 0 spiro atoms. The van der Waals surface area contributed by atoms with Gasteiger partial charge in [0.15, 0.2) is 0 Å². The van der Waals surface area contributed by atoms with E-state index in [0.29, 0.717) is 17.0 Å². The predicted molar refractivity (Wildman–Crippen MR) is 86.0 cm³/mol. The third-order valence-electron chi connectivity index (χ3n) is 3.24. The van der Waals surface area contributed by atoms with E-state index in [9.17, 15) is 9.59 Å². The molecule has 2 N–H and O–H groups in total. The van der Waals surface area contributed by atoms with E-state index in [-0.39, 0.29) is 11.8 Å². The summed E-state index contributed by atoms with van der Waals surface area (Å²) >= 11 is 1.35. The van der Waals surface area contributed by atoms with Crippen molar-refractivity contribution in [2.45, 2.75) is 20.3 Å². The van der Waals surface area contributed by atoms with Crippen molar-refractivity contribution in [2.75, 3.05) is 12.4 Å². The zero-order chi connectivity index (χ0) is 15.4. The molecule has 5 heteroatoms. The minimum atomic E-state index is -0.196. The van der Waals surface area contributed by atoms with E-state index in [4.69, 9.17) is 0 Å². The summed E-state index contributed by atoms with van der Waals surface area (Å²) in [7, 11) is 1.57. The van der Waals surface area contributed by atoms with Crippen LogP contribution in [-0.4, -0.2) is 18.9 Å². The normalized spacial score (nSPS) is 10.2. The molecule has 0 fully saturated rings. The Labute approximate surface area is 128 Å². The molecule has 21 heavy (non-hydrogen) atoms. The number of nitrogens with one attached hydrogen (secondary N) is 2. The first-order valence-electron chi connectivity index (χ1n) is 6.67. The monoisotopic (exact) mass is 302 g/mol. The number of thiophene rings is 1. The van der Waals surface area contributed by atoms with E-state index >= 15 is 0 Å². The molecule has 1 heterocycles. The Morgan fingerprint density at radius 1 is 1.19 bits per heavy atom. The van der Waals surface area contributed by atoms with Gasteiger partial charge in [0.05, 0.1) is 12.0 Å². The second kappa shape index (κ2) is 6.54. The van der Waals surface area contributed by atoms with Crippen LogP contribution in [-0.2, 0) is 11.2 Å². The number of carbonyl (C=O) groups excluding carboxylic acids is 2. The molecule has 0 aliphatic carbocycles. The number of benzene rings is 1. The SMILES string of the molecule is CNC(=O)c1ccsc1NC(=O)Cc1ccc(C)cc1C. The van der Waals surface area contributed by atoms with Crippen LogP contribution in [0.25, 0.3) is 0 Å². The van der Waals surface area contributed by atoms with Gasteiger partial charge in [-0.3, -0.25) is 9.59 Å². The Balaban J connectivity index is 2.09. The van der Waals surface area contributed by atoms with Gasteiger partial charge in [0.25, 0.3) is 5.91 Å². The van der Waals surface area contributed by atoms with Crippen molar-refractivity contribution in [1.29, 1.82) is 0 Å². The van der Waals surface area contributed by atoms with Crippen molar-refractivity contribution in [2.24, 2.45) is 0 Å². The summed E-state index contributed by atoms with van der Waals surface area (Å²) in [4.78, 5) is 23.8. The molecular formula is C16H18N2O2S. The van der Waals surface area contributed by atoms with E-state index in [1.807, 2.05) is 26.0 Å². The van der Waals surface area contributed by atoms with Crippen LogP contribution in [0.4, 0.5) is 5.00 Å². The van der Waals surface area contributed by atoms with Gasteiger partial charge in [-0.25, -0.2) is 0 Å². The van der Waals surface area contributed by atoms with Crippen LogP contribution < -0.4 is 10.6 Å². The molecule has 0 bridgehead atoms. The summed E-state index contributed by atoms with van der Waals surface area (Å²) in [6.07, 6.45) is 0.303. The highest BCUT2D eigenvalue weighted by Gasteiger charge is 2.14. The zero-order valence-electron chi connectivity index (χ0n) is 12.3. The number of hydrogen-bond donors (Lipinski definition) is 2. The molecule has 1 aromatic carbocycles. The molecule has 1 aromatic heterocycles. The lowest BCUT2D eigenvalue weighted by atomic mass is 10.0. The largest absolute Gasteiger partial charge is 0.355 e. The first-order chi connectivity index (χ1) is 10.0. The third-order valence-corrected chi connectivity index (χ3v) is 4.07. The van der Waals surface area contributed by atoms with E-state index in [2.05, 4.69) is 16.7 Å². The first kappa shape index (κ1) is 15.3. The van der Waals surface area contributed by atoms with Gasteiger partial charge in [-0.2, -0.15) is 0 Å². The smallest absolute Gasteiger partial charge is 0.254 e. The summed E-state index contributed by atoms with van der Waals surface area (Å²) in [5, 5.41) is 7.75. The van der Waals surface area contributed by atoms with E-state index in [1.165, 1.54) is 16.9 Å². The van der Waals surface area contributed by atoms with Gasteiger partial charge < -0.3 is 10.6 Å². The molecule has 110 valence electrons. The molecular weight excluding hydrogens is 284 g/mol. The molecule has 4 nitrogen and oxygen atoms in total. The fourth-order valence-electron chi connectivity index (χ4n) is 2.11. The van der Waals surface area contributed by atoms with Crippen molar-refractivity contribution in [3.8, 4) is 0 Å². The molecule has 0 radical (unpaired) electrons. The molecule has 2 aromatic rings. The summed E-state index contributed by atoms with van der Waals surface area (Å²) in [6.45, 7) is 4.02. The minimum Gasteiger partial charge on any atom is -0.355 e. The average Bonchev–Trinajstić information content (AvgIpc) is 2.89. The molecule has 0 saturated carbocycles. The Bertz CT molecular complexity index is 677. The summed E-state index contributed by atoms with van der Waals surface area (Å²) in [5.41, 5.74) is 3.77. The first-order valence-corrected chi connectivity index (χ1v) is 7.54. The Kier molecular flexibility index (Phi) is 4.75. The highest BCUT2D eigenvalue weighted by atomic mass is 32.1. The van der Waals surface area contributed by atoms with Crippen LogP contribution in [0.2, 0.25) is 0 Å². The predicted octanol–water partition coefficient (Wildman–Crippen LogP) is 2.91. The number of anilines is 1. The maximum Gasteiger partial charge on any atom is 0.254 e. The maximum atomic E-state index is 12.1. The van der Waals surface area contributed by atoms with Crippen molar-refractivity contribution in [1.82, 2.24) is 5.32 Å². The van der Waals surface area contributed by atoms with E-state index in [1.54, 1.807) is 18.5 Å². The molecule has 0 aliphatic heterocycles. The van der Waals surface area contributed by atoms with E-state index in [0.717, 1.165) is 11.1 Å². The highest BCUT2D eigenvalue weighted by Crippen LogP contribution is 2.23. The van der Waals surface area contributed by atoms with Crippen LogP contribution >= 0.6 is 11.3 Å². The van der Waals surface area contributed by atoms with E-state index < -0.39 is 0 Å². The van der Waals surface area contributed by atoms with Crippen LogP contribution in [0.5, 0.6) is 0 Å². The maximum absolute atomic E-state index is 12.1. The molecule has 0 unspecified atom stereocenters. The Hall–Kier alpha value is -2.14. The average molecular weight is 302 g/mol. The lowest BCUT2D eigenvalue weighted by Gasteiger charge is -2.08. The summed E-state index contributed by atoms with van der Waals surface area (Å²) < 4.78 is 0. The van der Waals surface area contributed by atoms with Gasteiger partial charge in [-0.15, -0.1) is 11.3 Å². The molecule has 0 aliphatic rings. The number of aryl methyl sites for hydroxylation is 2. The van der Waals surface area contributed by atoms with Crippen molar-refractivity contribution < 1.29 is 9.59 Å². The topological polar surface area (TPSA) is 58.2 Å². The van der Waals surface area contributed by atoms with Gasteiger partial charge in [0.2, 0.25) is 5.91 Å². The molecule has 2 amide bonds. The minimum absolute atomic E-state index is 0.116. The second-order valence-corrected chi connectivity index (χ2v) is 5.81. The van der Waals surface area contributed by atoms with Crippen LogP contribution in [0, 0.1) is 13.8 Å². The molecule has 0 saturated heterocycles. The number of carbonyl (C=O) groups is 2. The van der Waals surface area contributed by atoms with Gasteiger partial charge in [0, 0.05) is 7.05 Å². The number of hydrogen-bond acceptors (Lipinski definition) is 3. The van der Waals surface area contributed by atoms with Gasteiger partial charge in [0.1, 0.15) is 5.00 Å². The number of rotatable bonds is 4. The lowest BCUT2D eigenvalue weighted by molar-refractivity contribution is -0.115. The van der Waals surface area contributed by atoms with Crippen molar-refractivity contribution in [3.63, 3.8) is 0 Å². The highest BCUT2D eigenvalue weighted by molar-refractivity contribution is 7.14. The van der Waals surface area contributed by atoms with Gasteiger partial charge in [-0.05, 0) is 36.4 Å². The molecule has 0 atom stereocenters. The Morgan fingerprint density at radius 3 is 2.62 bits per heavy atom. The summed E-state index contributed by atoms with van der Waals surface area (Å²) in [6, 6.07) is 7.73. The van der Waals surface area contributed by atoms with Crippen LogP contribution in [0.1, 0.15) is 27.0 Å². The Morgan fingerprint density at radius 2 is 1.95 bits per heavy atom. The van der Waals surface area contributed by atoms with Crippen molar-refractivity contribution >= 4 is 28.2 Å². The van der Waals surface area contributed by atoms with Crippen LogP contribution in [0.15, 0.2) is 29.6 Å². The van der Waals surface area contributed by atoms with Gasteiger partial charge in [-0.1, -0.05) is 23.8 Å². The zero-order valence-corrected chi connectivity index (χ0v) is 13.1. The molecule has 2 rings (SSSR count).